The third kappa shape index (κ3) is 5.07. The van der Waals surface area contributed by atoms with Gasteiger partial charge in [-0.05, 0) is 68.9 Å². The average Bonchev–Trinajstić information content (AvgIpc) is 3.29. The van der Waals surface area contributed by atoms with Crippen molar-refractivity contribution in [1.82, 2.24) is 14.5 Å². The van der Waals surface area contributed by atoms with Crippen LogP contribution in [0, 0.1) is 5.41 Å². The van der Waals surface area contributed by atoms with Crippen molar-refractivity contribution in [3.8, 4) is 5.75 Å². The Kier molecular flexibility index (Phi) is 7.01. The Morgan fingerprint density at radius 1 is 1.16 bits per heavy atom. The van der Waals surface area contributed by atoms with Crippen LogP contribution in [0.15, 0.2) is 55.1 Å². The Bertz CT molecular complexity index is 1010. The molecule has 0 saturated carbocycles. The summed E-state index contributed by atoms with van der Waals surface area (Å²) in [6.45, 7) is 6.11. The first-order valence-electron chi connectivity index (χ1n) is 10.7. The molecule has 6 nitrogen and oxygen atoms in total. The number of likely N-dealkylation sites (N-methyl/N-ethyl adjacent to an activating group) is 1. The van der Waals surface area contributed by atoms with Crippen LogP contribution in [0.5, 0.6) is 5.75 Å². The van der Waals surface area contributed by atoms with E-state index in [2.05, 4.69) is 59.7 Å². The van der Waals surface area contributed by atoms with Gasteiger partial charge in [-0.1, -0.05) is 25.1 Å². The minimum atomic E-state index is -0.701. The van der Waals surface area contributed by atoms with E-state index in [0.717, 1.165) is 22.9 Å². The van der Waals surface area contributed by atoms with E-state index < -0.39 is 5.41 Å². The number of carbonyl (C=O) groups is 1. The second-order valence-corrected chi connectivity index (χ2v) is 8.83. The minimum Gasteiger partial charge on any atom is -0.492 e. The zero-order valence-corrected chi connectivity index (χ0v) is 19.3. The van der Waals surface area contributed by atoms with Crippen molar-refractivity contribution in [2.75, 3.05) is 27.8 Å². The van der Waals surface area contributed by atoms with Gasteiger partial charge in [0.15, 0.2) is 0 Å². The summed E-state index contributed by atoms with van der Waals surface area (Å²) in [5.41, 5.74) is 0.541. The van der Waals surface area contributed by atoms with Crippen LogP contribution in [0.4, 0.5) is 0 Å². The van der Waals surface area contributed by atoms with Gasteiger partial charge < -0.3 is 18.9 Å². The van der Waals surface area contributed by atoms with Crippen molar-refractivity contribution >= 4 is 16.7 Å². The molecule has 166 valence electrons. The third-order valence-electron chi connectivity index (χ3n) is 5.81. The summed E-state index contributed by atoms with van der Waals surface area (Å²) in [7, 11) is 5.64. The zero-order valence-electron chi connectivity index (χ0n) is 19.3. The molecule has 0 aliphatic rings. The predicted molar refractivity (Wildman–Crippen MR) is 123 cm³/mol. The molecule has 6 heteroatoms. The largest absolute Gasteiger partial charge is 0.492 e. The van der Waals surface area contributed by atoms with E-state index in [4.69, 9.17) is 9.47 Å². The van der Waals surface area contributed by atoms with Crippen molar-refractivity contribution in [1.29, 1.82) is 0 Å². The minimum absolute atomic E-state index is 0.170. The van der Waals surface area contributed by atoms with Gasteiger partial charge in [0.1, 0.15) is 12.4 Å². The summed E-state index contributed by atoms with van der Waals surface area (Å²) < 4.78 is 12.9. The van der Waals surface area contributed by atoms with E-state index >= 15 is 0 Å². The number of hydrogen-bond donors (Lipinski definition) is 0. The molecule has 1 heterocycles. The zero-order chi connectivity index (χ0) is 22.6. The smallest absolute Gasteiger partial charge is 0.314 e. The number of aromatic nitrogens is 2. The number of nitrogens with zero attached hydrogens (tertiary/aromatic N) is 3. The van der Waals surface area contributed by atoms with Gasteiger partial charge >= 0.3 is 5.97 Å². The van der Waals surface area contributed by atoms with Gasteiger partial charge in [0, 0.05) is 18.4 Å². The molecule has 0 spiro atoms. The summed E-state index contributed by atoms with van der Waals surface area (Å²) in [6.07, 6.45) is 6.77. The van der Waals surface area contributed by atoms with Crippen molar-refractivity contribution in [3.63, 3.8) is 0 Å². The highest BCUT2D eigenvalue weighted by molar-refractivity contribution is 5.84. The van der Waals surface area contributed by atoms with Crippen LogP contribution in [-0.2, 0) is 9.53 Å². The molecule has 0 bridgehead atoms. The van der Waals surface area contributed by atoms with Crippen molar-refractivity contribution in [2.24, 2.45) is 5.41 Å². The van der Waals surface area contributed by atoms with Gasteiger partial charge in [-0.25, -0.2) is 4.98 Å². The van der Waals surface area contributed by atoms with Gasteiger partial charge in [-0.2, -0.15) is 0 Å². The summed E-state index contributed by atoms with van der Waals surface area (Å²) in [5, 5.41) is 2.25. The van der Waals surface area contributed by atoms with E-state index in [9.17, 15) is 4.79 Å². The average molecular weight is 424 g/mol. The molecule has 3 rings (SSSR count). The summed E-state index contributed by atoms with van der Waals surface area (Å²) in [4.78, 5) is 18.4. The Balaban J connectivity index is 1.89. The van der Waals surface area contributed by atoms with Crippen molar-refractivity contribution < 1.29 is 14.3 Å². The van der Waals surface area contributed by atoms with Crippen LogP contribution in [0.3, 0.4) is 0 Å². The number of imidazole rings is 1. The number of benzene rings is 2. The maximum atomic E-state index is 11.9. The monoisotopic (exact) mass is 423 g/mol. The highest BCUT2D eigenvalue weighted by Gasteiger charge is 2.30. The van der Waals surface area contributed by atoms with Gasteiger partial charge in [0.05, 0.1) is 24.9 Å². The number of carbonyl (C=O) groups excluding carboxylic acids is 1. The topological polar surface area (TPSA) is 56.6 Å². The fourth-order valence-corrected chi connectivity index (χ4v) is 4.01. The molecule has 0 fully saturated rings. The van der Waals surface area contributed by atoms with E-state index in [-0.39, 0.29) is 18.6 Å². The third-order valence-corrected chi connectivity index (χ3v) is 5.81. The summed E-state index contributed by atoms with van der Waals surface area (Å²) >= 11 is 0. The Hall–Kier alpha value is -2.86. The number of rotatable bonds is 9. The number of hydrogen-bond acceptors (Lipinski definition) is 5. The normalized spacial score (nSPS) is 13.9. The summed E-state index contributed by atoms with van der Waals surface area (Å²) in [5.74, 6) is 0.456. The molecule has 0 radical (unpaired) electrons. The lowest BCUT2D eigenvalue weighted by molar-refractivity contribution is -0.152. The Morgan fingerprint density at radius 2 is 1.87 bits per heavy atom. The van der Waals surface area contributed by atoms with Crippen LogP contribution in [-0.4, -0.2) is 54.3 Å². The fraction of sp³-hybridized carbons (Fsp3) is 0.440. The first-order valence-corrected chi connectivity index (χ1v) is 10.7. The van der Waals surface area contributed by atoms with E-state index in [0.29, 0.717) is 6.04 Å². The van der Waals surface area contributed by atoms with Gasteiger partial charge in [-0.3, -0.25) is 4.79 Å². The number of esters is 1. The van der Waals surface area contributed by atoms with E-state index in [1.165, 1.54) is 12.7 Å². The molecule has 0 aliphatic heterocycles. The van der Waals surface area contributed by atoms with Crippen LogP contribution < -0.4 is 4.74 Å². The Morgan fingerprint density at radius 3 is 2.48 bits per heavy atom. The molecule has 0 saturated heterocycles. The molecule has 3 aromatic rings. The second kappa shape index (κ2) is 9.52. The molecular weight excluding hydrogens is 390 g/mol. The standard InChI is InChI=1S/C25H33N3O3/c1-7-22(27(4)5)23(28-13-12-26-17-28)20-9-8-19-15-21(11-10-18(19)14-20)31-16-25(2,3)24(29)30-6/h8-15,17,22-23H,7,16H2,1-6H3. The number of methoxy groups -OCH3 is 1. The maximum Gasteiger partial charge on any atom is 0.314 e. The molecule has 0 amide bonds. The van der Waals surface area contributed by atoms with Crippen molar-refractivity contribution in [3.05, 3.63) is 60.7 Å². The van der Waals surface area contributed by atoms with Crippen LogP contribution in [0.25, 0.3) is 10.8 Å². The molecule has 0 aliphatic carbocycles. The highest BCUT2D eigenvalue weighted by Crippen LogP contribution is 2.31. The van der Waals surface area contributed by atoms with Crippen LogP contribution in [0.2, 0.25) is 0 Å². The molecule has 1 aromatic heterocycles. The quantitative estimate of drug-likeness (QED) is 0.473. The van der Waals surface area contributed by atoms with Gasteiger partial charge in [0.25, 0.3) is 0 Å². The molecule has 31 heavy (non-hydrogen) atoms. The molecule has 2 unspecified atom stereocenters. The van der Waals surface area contributed by atoms with Crippen molar-refractivity contribution in [2.45, 2.75) is 39.3 Å². The SMILES string of the molecule is CCC(C(c1ccc2cc(OCC(C)(C)C(=O)OC)ccc2c1)n1ccnc1)N(C)C. The first-order chi connectivity index (χ1) is 14.8. The van der Waals surface area contributed by atoms with Crippen LogP contribution in [0.1, 0.15) is 38.8 Å². The fourth-order valence-electron chi connectivity index (χ4n) is 4.01. The van der Waals surface area contributed by atoms with Gasteiger partial charge in [0.2, 0.25) is 0 Å². The Labute approximate surface area is 184 Å². The predicted octanol–water partition coefficient (Wildman–Crippen LogP) is 4.54. The first kappa shape index (κ1) is 22.8. The van der Waals surface area contributed by atoms with Crippen LogP contribution >= 0.6 is 0 Å². The number of ether oxygens (including phenoxy) is 2. The highest BCUT2D eigenvalue weighted by atomic mass is 16.5. The molecule has 0 N–H and O–H groups in total. The molecule has 2 aromatic carbocycles. The second-order valence-electron chi connectivity index (χ2n) is 8.83. The lowest BCUT2D eigenvalue weighted by Crippen LogP contribution is -2.36. The summed E-state index contributed by atoms with van der Waals surface area (Å²) in [6, 6.07) is 13.1. The van der Waals surface area contributed by atoms with E-state index in [1.807, 2.05) is 44.7 Å². The molecule has 2 atom stereocenters. The maximum absolute atomic E-state index is 11.9. The van der Waals surface area contributed by atoms with E-state index in [1.54, 1.807) is 0 Å². The number of fused-ring (bicyclic) bond motifs is 1. The van der Waals surface area contributed by atoms with Gasteiger partial charge in [-0.15, -0.1) is 0 Å². The lowest BCUT2D eigenvalue weighted by atomic mass is 9.94. The lowest BCUT2D eigenvalue weighted by Gasteiger charge is -2.33. The molecular formula is C25H33N3O3.